The molecule has 0 atom stereocenters. The van der Waals surface area contributed by atoms with Crippen LogP contribution in [0.2, 0.25) is 0 Å². The van der Waals surface area contributed by atoms with E-state index in [4.69, 9.17) is 10.5 Å². The Bertz CT molecular complexity index is 525. The van der Waals surface area contributed by atoms with Crippen molar-refractivity contribution in [3.8, 4) is 0 Å². The molecular formula is C18H21NO2. The predicted molar refractivity (Wildman–Crippen MR) is 83.8 cm³/mol. The number of esters is 1. The van der Waals surface area contributed by atoms with Crippen LogP contribution in [0.25, 0.3) is 0 Å². The molecular weight excluding hydrogens is 262 g/mol. The van der Waals surface area contributed by atoms with Crippen LogP contribution in [-0.4, -0.2) is 19.6 Å². The topological polar surface area (TPSA) is 52.3 Å². The molecule has 2 aromatic carbocycles. The molecule has 0 unspecified atom stereocenters. The van der Waals surface area contributed by atoms with Crippen molar-refractivity contribution in [3.63, 3.8) is 0 Å². The molecule has 0 aliphatic heterocycles. The van der Waals surface area contributed by atoms with E-state index in [2.05, 4.69) is 0 Å². The van der Waals surface area contributed by atoms with Crippen LogP contribution in [0.15, 0.2) is 60.7 Å². The van der Waals surface area contributed by atoms with Gasteiger partial charge >= 0.3 is 5.97 Å². The maximum atomic E-state index is 12.4. The highest BCUT2D eigenvalue weighted by Gasteiger charge is 2.38. The van der Waals surface area contributed by atoms with E-state index in [1.807, 2.05) is 60.7 Å². The molecule has 2 rings (SSSR count). The van der Waals surface area contributed by atoms with Crippen molar-refractivity contribution in [2.24, 2.45) is 11.1 Å². The van der Waals surface area contributed by atoms with Gasteiger partial charge in [-0.1, -0.05) is 60.7 Å². The van der Waals surface area contributed by atoms with Gasteiger partial charge in [0.1, 0.15) is 0 Å². The largest absolute Gasteiger partial charge is 0.469 e. The maximum Gasteiger partial charge on any atom is 0.313 e. The van der Waals surface area contributed by atoms with E-state index in [0.717, 1.165) is 11.1 Å². The summed E-state index contributed by atoms with van der Waals surface area (Å²) in [7, 11) is 1.42. The molecule has 2 N–H and O–H groups in total. The Labute approximate surface area is 125 Å². The molecule has 0 fully saturated rings. The van der Waals surface area contributed by atoms with Gasteiger partial charge in [0.15, 0.2) is 0 Å². The number of carbonyl (C=O) groups excluding carboxylic acids is 1. The Morgan fingerprint density at radius 3 is 1.71 bits per heavy atom. The molecule has 3 heteroatoms. The first-order valence-electron chi connectivity index (χ1n) is 7.06. The quantitative estimate of drug-likeness (QED) is 0.829. The van der Waals surface area contributed by atoms with E-state index < -0.39 is 5.41 Å². The summed E-state index contributed by atoms with van der Waals surface area (Å²) in [5.41, 5.74) is 7.43. The second-order valence-corrected chi connectivity index (χ2v) is 5.30. The van der Waals surface area contributed by atoms with Gasteiger partial charge < -0.3 is 10.5 Å². The van der Waals surface area contributed by atoms with Crippen molar-refractivity contribution in [1.29, 1.82) is 0 Å². The third-order valence-corrected chi connectivity index (χ3v) is 3.78. The smallest absolute Gasteiger partial charge is 0.313 e. The zero-order chi connectivity index (χ0) is 15.1. The van der Waals surface area contributed by atoms with Crippen molar-refractivity contribution in [1.82, 2.24) is 0 Å². The van der Waals surface area contributed by atoms with Crippen molar-refractivity contribution in [2.45, 2.75) is 12.8 Å². The molecule has 0 amide bonds. The lowest BCUT2D eigenvalue weighted by molar-refractivity contribution is -0.152. The fourth-order valence-corrected chi connectivity index (χ4v) is 2.62. The van der Waals surface area contributed by atoms with Gasteiger partial charge in [-0.15, -0.1) is 0 Å². The Morgan fingerprint density at radius 1 is 0.952 bits per heavy atom. The van der Waals surface area contributed by atoms with Crippen LogP contribution in [0.4, 0.5) is 0 Å². The Balaban J connectivity index is 2.31. The molecule has 0 radical (unpaired) electrons. The fourth-order valence-electron chi connectivity index (χ4n) is 2.62. The number of hydrogen-bond acceptors (Lipinski definition) is 3. The minimum absolute atomic E-state index is 0.252. The zero-order valence-corrected chi connectivity index (χ0v) is 12.3. The van der Waals surface area contributed by atoms with Gasteiger partial charge in [0.05, 0.1) is 12.5 Å². The van der Waals surface area contributed by atoms with Crippen LogP contribution in [0.3, 0.4) is 0 Å². The Kier molecular flexibility index (Phi) is 5.12. The molecule has 0 aromatic heterocycles. The van der Waals surface area contributed by atoms with E-state index in [1.54, 1.807) is 0 Å². The first-order chi connectivity index (χ1) is 10.2. The van der Waals surface area contributed by atoms with E-state index in [0.29, 0.717) is 12.8 Å². The molecule has 21 heavy (non-hydrogen) atoms. The summed E-state index contributed by atoms with van der Waals surface area (Å²) in [5, 5.41) is 0. The Hall–Kier alpha value is -2.13. The van der Waals surface area contributed by atoms with Gasteiger partial charge in [-0.2, -0.15) is 0 Å². The standard InChI is InChI=1S/C18H21NO2/c1-21-17(20)18(14-19,12-15-8-4-2-5-9-15)13-16-10-6-3-7-11-16/h2-11H,12-14,19H2,1H3. The predicted octanol–water partition coefficient (Wildman–Crippen LogP) is 2.59. The number of carbonyl (C=O) groups is 1. The summed E-state index contributed by atoms with van der Waals surface area (Å²) >= 11 is 0. The number of nitrogens with two attached hydrogens (primary N) is 1. The molecule has 0 saturated heterocycles. The van der Waals surface area contributed by atoms with Gasteiger partial charge in [-0.3, -0.25) is 4.79 Å². The molecule has 0 saturated carbocycles. The molecule has 0 aliphatic rings. The summed E-state index contributed by atoms with van der Waals surface area (Å²) in [6.07, 6.45) is 1.15. The van der Waals surface area contributed by atoms with Crippen molar-refractivity contribution in [2.75, 3.05) is 13.7 Å². The van der Waals surface area contributed by atoms with Crippen LogP contribution in [0.5, 0.6) is 0 Å². The van der Waals surface area contributed by atoms with Crippen LogP contribution in [0, 0.1) is 5.41 Å². The molecule has 0 bridgehead atoms. The van der Waals surface area contributed by atoms with Gasteiger partial charge in [-0.25, -0.2) is 0 Å². The monoisotopic (exact) mass is 283 g/mol. The highest BCUT2D eigenvalue weighted by Crippen LogP contribution is 2.28. The minimum Gasteiger partial charge on any atom is -0.469 e. The van der Waals surface area contributed by atoms with Gasteiger partial charge in [0, 0.05) is 6.54 Å². The lowest BCUT2D eigenvalue weighted by Gasteiger charge is -2.30. The average Bonchev–Trinajstić information content (AvgIpc) is 2.55. The fraction of sp³-hybridized carbons (Fsp3) is 0.278. The SMILES string of the molecule is COC(=O)C(CN)(Cc1ccccc1)Cc1ccccc1. The lowest BCUT2D eigenvalue weighted by Crippen LogP contribution is -2.43. The third-order valence-electron chi connectivity index (χ3n) is 3.78. The van der Waals surface area contributed by atoms with Crippen molar-refractivity contribution >= 4 is 5.97 Å². The van der Waals surface area contributed by atoms with Gasteiger partial charge in [0.2, 0.25) is 0 Å². The summed E-state index contributed by atoms with van der Waals surface area (Å²) in [6, 6.07) is 19.8. The molecule has 110 valence electrons. The number of ether oxygens (including phenoxy) is 1. The van der Waals surface area contributed by atoms with E-state index in [9.17, 15) is 4.79 Å². The van der Waals surface area contributed by atoms with E-state index >= 15 is 0 Å². The van der Waals surface area contributed by atoms with Crippen LogP contribution >= 0.6 is 0 Å². The highest BCUT2D eigenvalue weighted by molar-refractivity contribution is 5.78. The summed E-state index contributed by atoms with van der Waals surface area (Å²) in [4.78, 5) is 12.4. The second-order valence-electron chi connectivity index (χ2n) is 5.30. The summed E-state index contributed by atoms with van der Waals surface area (Å²) < 4.78 is 5.03. The van der Waals surface area contributed by atoms with E-state index in [-0.39, 0.29) is 12.5 Å². The van der Waals surface area contributed by atoms with Crippen LogP contribution in [0.1, 0.15) is 11.1 Å². The number of benzene rings is 2. The van der Waals surface area contributed by atoms with Crippen molar-refractivity contribution < 1.29 is 9.53 Å². The van der Waals surface area contributed by atoms with E-state index in [1.165, 1.54) is 7.11 Å². The number of rotatable bonds is 6. The highest BCUT2D eigenvalue weighted by atomic mass is 16.5. The first kappa shape index (κ1) is 15.3. The number of hydrogen-bond donors (Lipinski definition) is 1. The van der Waals surface area contributed by atoms with Crippen LogP contribution < -0.4 is 5.73 Å². The number of methoxy groups -OCH3 is 1. The van der Waals surface area contributed by atoms with Crippen molar-refractivity contribution in [3.05, 3.63) is 71.8 Å². The molecule has 0 spiro atoms. The molecule has 2 aromatic rings. The second kappa shape index (κ2) is 7.04. The summed E-state index contributed by atoms with van der Waals surface area (Å²) in [6.45, 7) is 0.253. The maximum absolute atomic E-state index is 12.4. The van der Waals surface area contributed by atoms with Gasteiger partial charge in [-0.05, 0) is 24.0 Å². The normalized spacial score (nSPS) is 11.1. The zero-order valence-electron chi connectivity index (χ0n) is 12.3. The van der Waals surface area contributed by atoms with Crippen LogP contribution in [-0.2, 0) is 22.4 Å². The lowest BCUT2D eigenvalue weighted by atomic mass is 9.76. The third kappa shape index (κ3) is 3.70. The minimum atomic E-state index is -0.725. The summed E-state index contributed by atoms with van der Waals surface area (Å²) in [5.74, 6) is -0.252. The molecule has 3 nitrogen and oxygen atoms in total. The van der Waals surface area contributed by atoms with Gasteiger partial charge in [0.25, 0.3) is 0 Å². The molecule has 0 heterocycles. The first-order valence-corrected chi connectivity index (χ1v) is 7.06. The Morgan fingerprint density at radius 2 is 1.38 bits per heavy atom. The molecule has 0 aliphatic carbocycles. The average molecular weight is 283 g/mol.